The predicted molar refractivity (Wildman–Crippen MR) is 60.5 cm³/mol. The van der Waals surface area contributed by atoms with Crippen molar-refractivity contribution in [2.75, 3.05) is 0 Å². The van der Waals surface area contributed by atoms with Crippen LogP contribution in [0.5, 0.6) is 0 Å². The third-order valence-electron chi connectivity index (χ3n) is 3.01. The molecule has 15 heavy (non-hydrogen) atoms. The van der Waals surface area contributed by atoms with Gasteiger partial charge in [0.05, 0.1) is 12.0 Å². The first-order chi connectivity index (χ1) is 7.10. The minimum atomic E-state index is -0.598. The van der Waals surface area contributed by atoms with E-state index in [1.165, 1.54) is 0 Å². The average molecular weight is 272 g/mol. The molecular weight excluding hydrogens is 258 g/mol. The van der Waals surface area contributed by atoms with Crippen LogP contribution in [0.25, 0.3) is 0 Å². The van der Waals surface area contributed by atoms with Crippen LogP contribution in [0.2, 0.25) is 0 Å². The summed E-state index contributed by atoms with van der Waals surface area (Å²) in [6, 6.07) is 3.60. The number of halogens is 1. The minimum absolute atomic E-state index is 0.0989. The zero-order chi connectivity index (χ0) is 10.9. The molecule has 4 heteroatoms. The Kier molecular flexibility index (Phi) is 2.98. The monoisotopic (exact) mass is 271 g/mol. The molecule has 0 aliphatic heterocycles. The lowest BCUT2D eigenvalue weighted by atomic mass is 9.91. The highest BCUT2D eigenvalue weighted by Crippen LogP contribution is 2.29. The Morgan fingerprint density at radius 3 is 2.67 bits per heavy atom. The van der Waals surface area contributed by atoms with Crippen molar-refractivity contribution < 1.29 is 9.21 Å². The van der Waals surface area contributed by atoms with E-state index in [0.717, 1.165) is 25.7 Å². The second-order valence-corrected chi connectivity index (χ2v) is 4.95. The topological polar surface area (TPSA) is 56.2 Å². The molecule has 1 aromatic rings. The smallest absolute Gasteiger partial charge is 0.169 e. The van der Waals surface area contributed by atoms with Gasteiger partial charge in [0, 0.05) is 0 Å². The fourth-order valence-electron chi connectivity index (χ4n) is 2.07. The summed E-state index contributed by atoms with van der Waals surface area (Å²) >= 11 is 3.21. The lowest BCUT2D eigenvalue weighted by Crippen LogP contribution is -2.46. The third-order valence-corrected chi connectivity index (χ3v) is 3.44. The zero-order valence-electron chi connectivity index (χ0n) is 8.46. The van der Waals surface area contributed by atoms with Gasteiger partial charge in [-0.25, -0.2) is 0 Å². The van der Waals surface area contributed by atoms with E-state index in [-0.39, 0.29) is 5.78 Å². The van der Waals surface area contributed by atoms with Gasteiger partial charge in [-0.05, 0) is 40.9 Å². The van der Waals surface area contributed by atoms with Gasteiger partial charge in [0.15, 0.2) is 10.5 Å². The summed E-state index contributed by atoms with van der Waals surface area (Å²) in [4.78, 5) is 11.9. The Bertz CT molecular complexity index is 366. The quantitative estimate of drug-likeness (QED) is 0.919. The molecule has 0 bridgehead atoms. The van der Waals surface area contributed by atoms with E-state index in [1.807, 2.05) is 0 Å². The van der Waals surface area contributed by atoms with Gasteiger partial charge >= 0.3 is 0 Å². The molecule has 82 valence electrons. The van der Waals surface area contributed by atoms with Crippen LogP contribution >= 0.6 is 15.9 Å². The molecule has 1 aliphatic rings. The number of hydrogen-bond acceptors (Lipinski definition) is 3. The average Bonchev–Trinajstić information content (AvgIpc) is 2.76. The summed E-state index contributed by atoms with van der Waals surface area (Å²) in [6.07, 6.45) is 4.05. The first-order valence-electron chi connectivity index (χ1n) is 5.16. The number of Topliss-reactive ketones (excluding diaryl/α,β-unsaturated/α-hetero) is 1. The number of carbonyl (C=O) groups is 1. The van der Waals surface area contributed by atoms with Crippen molar-refractivity contribution in [1.29, 1.82) is 0 Å². The first kappa shape index (κ1) is 10.9. The fourth-order valence-corrected chi connectivity index (χ4v) is 2.41. The molecule has 3 nitrogen and oxygen atoms in total. The molecule has 0 aromatic carbocycles. The molecule has 1 aliphatic carbocycles. The Morgan fingerprint density at radius 2 is 2.13 bits per heavy atom. The molecule has 0 saturated heterocycles. The Balaban J connectivity index is 2.03. The second kappa shape index (κ2) is 4.10. The Hall–Kier alpha value is -0.610. The zero-order valence-corrected chi connectivity index (χ0v) is 10.0. The maximum absolute atomic E-state index is 11.9. The fraction of sp³-hybridized carbons (Fsp3) is 0.545. The number of furan rings is 1. The first-order valence-corrected chi connectivity index (χ1v) is 5.96. The molecule has 2 rings (SSSR count). The highest BCUT2D eigenvalue weighted by molar-refractivity contribution is 9.10. The van der Waals surface area contributed by atoms with E-state index in [2.05, 4.69) is 15.9 Å². The van der Waals surface area contributed by atoms with Gasteiger partial charge in [-0.1, -0.05) is 12.8 Å². The maximum Gasteiger partial charge on any atom is 0.169 e. The Labute approximate surface area is 97.1 Å². The van der Waals surface area contributed by atoms with Gasteiger partial charge in [-0.15, -0.1) is 0 Å². The molecule has 1 saturated carbocycles. The molecule has 0 amide bonds. The maximum atomic E-state index is 11.9. The van der Waals surface area contributed by atoms with Crippen molar-refractivity contribution in [3.05, 3.63) is 22.6 Å². The molecule has 2 N–H and O–H groups in total. The van der Waals surface area contributed by atoms with E-state index in [9.17, 15) is 4.79 Å². The molecule has 1 heterocycles. The van der Waals surface area contributed by atoms with Crippen LogP contribution in [-0.2, 0) is 11.2 Å². The number of carbonyl (C=O) groups excluding carboxylic acids is 1. The van der Waals surface area contributed by atoms with Gasteiger partial charge in [0.2, 0.25) is 0 Å². The number of rotatable bonds is 3. The summed E-state index contributed by atoms with van der Waals surface area (Å²) in [5, 5.41) is 0. The molecule has 1 fully saturated rings. The highest BCUT2D eigenvalue weighted by atomic mass is 79.9. The van der Waals surface area contributed by atoms with Crippen LogP contribution < -0.4 is 5.73 Å². The molecule has 0 radical (unpaired) electrons. The number of nitrogens with two attached hydrogens (primary N) is 1. The minimum Gasteiger partial charge on any atom is -0.454 e. The lowest BCUT2D eigenvalue weighted by Gasteiger charge is -2.20. The van der Waals surface area contributed by atoms with E-state index >= 15 is 0 Å². The molecular formula is C11H14BrNO2. The Morgan fingerprint density at radius 1 is 1.47 bits per heavy atom. The van der Waals surface area contributed by atoms with E-state index in [4.69, 9.17) is 10.2 Å². The molecule has 1 aromatic heterocycles. The number of hydrogen-bond donors (Lipinski definition) is 1. The second-order valence-electron chi connectivity index (χ2n) is 4.17. The van der Waals surface area contributed by atoms with Gasteiger partial charge in [-0.3, -0.25) is 4.79 Å². The predicted octanol–water partition coefficient (Wildman–Crippen LogP) is 2.43. The van der Waals surface area contributed by atoms with Gasteiger partial charge < -0.3 is 10.2 Å². The molecule has 0 unspecified atom stereocenters. The van der Waals surface area contributed by atoms with Crippen LogP contribution in [0.15, 0.2) is 21.2 Å². The van der Waals surface area contributed by atoms with Crippen molar-refractivity contribution in [3.8, 4) is 0 Å². The van der Waals surface area contributed by atoms with Crippen molar-refractivity contribution in [2.45, 2.75) is 37.6 Å². The van der Waals surface area contributed by atoms with Crippen LogP contribution in [0, 0.1) is 0 Å². The van der Waals surface area contributed by atoms with Gasteiger partial charge in [0.1, 0.15) is 5.76 Å². The normalized spacial score (nSPS) is 19.3. The van der Waals surface area contributed by atoms with Crippen molar-refractivity contribution >= 4 is 21.7 Å². The van der Waals surface area contributed by atoms with Crippen LogP contribution in [0.4, 0.5) is 0 Å². The van der Waals surface area contributed by atoms with Crippen LogP contribution in [0.3, 0.4) is 0 Å². The largest absolute Gasteiger partial charge is 0.454 e. The summed E-state index contributed by atoms with van der Waals surface area (Å²) in [5.74, 6) is 0.783. The van der Waals surface area contributed by atoms with Crippen molar-refractivity contribution in [2.24, 2.45) is 5.73 Å². The van der Waals surface area contributed by atoms with Crippen LogP contribution in [0.1, 0.15) is 31.4 Å². The van der Waals surface area contributed by atoms with Crippen molar-refractivity contribution in [1.82, 2.24) is 0 Å². The number of ketones is 1. The highest BCUT2D eigenvalue weighted by Gasteiger charge is 2.36. The van der Waals surface area contributed by atoms with Crippen LogP contribution in [-0.4, -0.2) is 11.3 Å². The van der Waals surface area contributed by atoms with Crippen molar-refractivity contribution in [3.63, 3.8) is 0 Å². The van der Waals surface area contributed by atoms with E-state index in [1.54, 1.807) is 12.1 Å². The standard InChI is InChI=1S/C11H14BrNO2/c12-10-4-3-8(15-10)7-9(14)11(13)5-1-2-6-11/h3-4H,1-2,5-7,13H2. The summed E-state index contributed by atoms with van der Waals surface area (Å²) in [7, 11) is 0. The van der Waals surface area contributed by atoms with E-state index in [0.29, 0.717) is 16.9 Å². The SMILES string of the molecule is NC1(C(=O)Cc2ccc(Br)o2)CCCC1. The lowest BCUT2D eigenvalue weighted by molar-refractivity contribution is -0.123. The molecule has 0 atom stereocenters. The third kappa shape index (κ3) is 2.32. The molecule has 0 spiro atoms. The summed E-state index contributed by atoms with van der Waals surface area (Å²) in [6.45, 7) is 0. The summed E-state index contributed by atoms with van der Waals surface area (Å²) < 4.78 is 5.95. The van der Waals surface area contributed by atoms with E-state index < -0.39 is 5.54 Å². The summed E-state index contributed by atoms with van der Waals surface area (Å²) in [5.41, 5.74) is 5.46. The van der Waals surface area contributed by atoms with Gasteiger partial charge in [-0.2, -0.15) is 0 Å². The van der Waals surface area contributed by atoms with Gasteiger partial charge in [0.25, 0.3) is 0 Å².